The molecule has 2 aromatic carbocycles. The van der Waals surface area contributed by atoms with Gasteiger partial charge >= 0.3 is 5.97 Å². The Bertz CT molecular complexity index is 699. The molecule has 4 nitrogen and oxygen atoms in total. The Hall–Kier alpha value is -2.76. The van der Waals surface area contributed by atoms with E-state index in [1.54, 1.807) is 6.92 Å². The van der Waals surface area contributed by atoms with E-state index in [4.69, 9.17) is 4.74 Å². The second-order valence-corrected chi connectivity index (χ2v) is 4.43. The minimum absolute atomic E-state index is 0.118. The maximum atomic E-state index is 13.5. The van der Waals surface area contributed by atoms with Gasteiger partial charge in [-0.3, -0.25) is 9.59 Å². The van der Waals surface area contributed by atoms with Crippen molar-refractivity contribution in [1.29, 1.82) is 0 Å². The largest absolute Gasteiger partial charge is 0.427 e. The third-order valence-corrected chi connectivity index (χ3v) is 2.82. The Morgan fingerprint density at radius 2 is 1.77 bits per heavy atom. The van der Waals surface area contributed by atoms with Gasteiger partial charge in [0.15, 0.2) is 0 Å². The molecule has 0 saturated carbocycles. The number of ether oxygens (including phenoxy) is 1. The number of amides is 1. The molecule has 2 rings (SSSR count). The van der Waals surface area contributed by atoms with Gasteiger partial charge in [0.1, 0.15) is 17.4 Å². The van der Waals surface area contributed by atoms with E-state index in [9.17, 15) is 18.4 Å². The van der Waals surface area contributed by atoms with Crippen molar-refractivity contribution in [3.8, 4) is 5.75 Å². The van der Waals surface area contributed by atoms with Gasteiger partial charge in [-0.25, -0.2) is 8.78 Å². The molecule has 0 atom stereocenters. The van der Waals surface area contributed by atoms with Crippen molar-refractivity contribution < 1.29 is 23.1 Å². The molecule has 0 fully saturated rings. The first kappa shape index (κ1) is 15.6. The van der Waals surface area contributed by atoms with Crippen LogP contribution in [-0.2, 0) is 4.79 Å². The van der Waals surface area contributed by atoms with E-state index in [1.165, 1.54) is 24.3 Å². The maximum Gasteiger partial charge on any atom is 0.310 e. The number of carbonyl (C=O) groups excluding carboxylic acids is 2. The molecule has 0 saturated heterocycles. The van der Waals surface area contributed by atoms with E-state index in [1.807, 2.05) is 0 Å². The van der Waals surface area contributed by atoms with Crippen LogP contribution in [-0.4, -0.2) is 11.9 Å². The molecule has 0 aliphatic rings. The van der Waals surface area contributed by atoms with Gasteiger partial charge in [0, 0.05) is 18.1 Å². The van der Waals surface area contributed by atoms with Gasteiger partial charge in [0.25, 0.3) is 5.91 Å². The summed E-state index contributed by atoms with van der Waals surface area (Å²) in [5.41, 5.74) is 0.132. The summed E-state index contributed by atoms with van der Waals surface area (Å²) in [4.78, 5) is 23.1. The number of hydrogen-bond acceptors (Lipinski definition) is 3. The predicted octanol–water partition coefficient (Wildman–Crippen LogP) is 3.53. The number of halogens is 2. The Kier molecular flexibility index (Phi) is 4.83. The van der Waals surface area contributed by atoms with Crippen molar-refractivity contribution in [1.82, 2.24) is 0 Å². The van der Waals surface area contributed by atoms with Crippen LogP contribution in [0.1, 0.15) is 23.7 Å². The van der Waals surface area contributed by atoms with Gasteiger partial charge in [0.2, 0.25) is 0 Å². The quantitative estimate of drug-likeness (QED) is 0.694. The molecule has 0 spiro atoms. The summed E-state index contributed by atoms with van der Waals surface area (Å²) >= 11 is 0. The van der Waals surface area contributed by atoms with Crippen molar-refractivity contribution >= 4 is 17.6 Å². The molecule has 0 aromatic heterocycles. The molecule has 1 N–H and O–H groups in total. The van der Waals surface area contributed by atoms with Crippen molar-refractivity contribution in [2.75, 3.05) is 5.32 Å². The number of benzene rings is 2. The zero-order valence-corrected chi connectivity index (χ0v) is 11.7. The first-order valence-corrected chi connectivity index (χ1v) is 6.56. The number of esters is 1. The molecule has 1 amide bonds. The molecule has 0 radical (unpaired) electrons. The van der Waals surface area contributed by atoms with Crippen LogP contribution in [0.2, 0.25) is 0 Å². The second-order valence-electron chi connectivity index (χ2n) is 4.43. The lowest BCUT2D eigenvalue weighted by Gasteiger charge is -2.07. The lowest BCUT2D eigenvalue weighted by Crippen LogP contribution is -2.13. The minimum atomic E-state index is -0.859. The van der Waals surface area contributed by atoms with Crippen LogP contribution in [0.4, 0.5) is 14.5 Å². The third-order valence-electron chi connectivity index (χ3n) is 2.82. The molecule has 0 aliphatic heterocycles. The summed E-state index contributed by atoms with van der Waals surface area (Å²) in [5, 5.41) is 2.34. The van der Waals surface area contributed by atoms with Gasteiger partial charge < -0.3 is 10.1 Å². The third kappa shape index (κ3) is 3.88. The van der Waals surface area contributed by atoms with Gasteiger partial charge in [-0.1, -0.05) is 6.92 Å². The van der Waals surface area contributed by atoms with Crippen LogP contribution in [0.3, 0.4) is 0 Å². The number of nitrogens with one attached hydrogen (secondary N) is 1. The van der Waals surface area contributed by atoms with E-state index in [-0.39, 0.29) is 23.6 Å². The van der Waals surface area contributed by atoms with Crippen LogP contribution < -0.4 is 10.1 Å². The molecular weight excluding hydrogens is 292 g/mol. The smallest absolute Gasteiger partial charge is 0.310 e. The van der Waals surface area contributed by atoms with Gasteiger partial charge in [-0.05, 0) is 36.4 Å². The average molecular weight is 305 g/mol. The van der Waals surface area contributed by atoms with E-state index in [0.717, 1.165) is 12.1 Å². The number of rotatable bonds is 4. The highest BCUT2D eigenvalue weighted by molar-refractivity contribution is 6.04. The van der Waals surface area contributed by atoms with Crippen LogP contribution in [0.15, 0.2) is 42.5 Å². The zero-order valence-electron chi connectivity index (χ0n) is 11.7. The highest BCUT2D eigenvalue weighted by Crippen LogP contribution is 2.17. The molecule has 0 aliphatic carbocycles. The normalized spacial score (nSPS) is 10.1. The van der Waals surface area contributed by atoms with E-state index >= 15 is 0 Å². The molecule has 6 heteroatoms. The number of hydrogen-bond donors (Lipinski definition) is 1. The number of carbonyl (C=O) groups is 2. The molecule has 0 heterocycles. The maximum absolute atomic E-state index is 13.5. The monoisotopic (exact) mass is 305 g/mol. The van der Waals surface area contributed by atoms with Crippen molar-refractivity contribution in [3.63, 3.8) is 0 Å². The summed E-state index contributed by atoms with van der Waals surface area (Å²) in [6, 6.07) is 8.67. The van der Waals surface area contributed by atoms with Crippen molar-refractivity contribution in [2.24, 2.45) is 0 Å². The topological polar surface area (TPSA) is 55.4 Å². The molecule has 114 valence electrons. The summed E-state index contributed by atoms with van der Waals surface area (Å²) in [6.45, 7) is 1.67. The Labute approximate surface area is 125 Å². The second kappa shape index (κ2) is 6.80. The lowest BCUT2D eigenvalue weighted by atomic mass is 10.2. The van der Waals surface area contributed by atoms with Crippen LogP contribution >= 0.6 is 0 Å². The summed E-state index contributed by atoms with van der Waals surface area (Å²) in [7, 11) is 0. The molecule has 0 unspecified atom stereocenters. The van der Waals surface area contributed by atoms with Crippen molar-refractivity contribution in [3.05, 3.63) is 59.7 Å². The van der Waals surface area contributed by atoms with Gasteiger partial charge in [0.05, 0.1) is 5.69 Å². The SMILES string of the molecule is CCC(=O)Oc1ccc(C(=O)Nc2ccc(F)cc2F)cc1. The Morgan fingerprint density at radius 1 is 1.09 bits per heavy atom. The fourth-order valence-electron chi connectivity index (χ4n) is 1.66. The first-order valence-electron chi connectivity index (χ1n) is 6.56. The Balaban J connectivity index is 2.08. The highest BCUT2D eigenvalue weighted by atomic mass is 19.1. The molecule has 2 aromatic rings. The standard InChI is InChI=1S/C16H13F2NO3/c1-2-15(20)22-12-6-3-10(4-7-12)16(21)19-14-8-5-11(17)9-13(14)18/h3-9H,2H2,1H3,(H,19,21). The number of anilines is 1. The first-order chi connectivity index (χ1) is 10.5. The minimum Gasteiger partial charge on any atom is -0.427 e. The fraction of sp³-hybridized carbons (Fsp3) is 0.125. The van der Waals surface area contributed by atoms with Crippen molar-refractivity contribution in [2.45, 2.75) is 13.3 Å². The van der Waals surface area contributed by atoms with Crippen LogP contribution in [0.25, 0.3) is 0 Å². The summed E-state index contributed by atoms with van der Waals surface area (Å²) < 4.78 is 31.2. The van der Waals surface area contributed by atoms with Gasteiger partial charge in [-0.2, -0.15) is 0 Å². The zero-order chi connectivity index (χ0) is 16.1. The molecule has 22 heavy (non-hydrogen) atoms. The summed E-state index contributed by atoms with van der Waals surface area (Å²) in [5.74, 6) is -2.21. The highest BCUT2D eigenvalue weighted by Gasteiger charge is 2.10. The van der Waals surface area contributed by atoms with E-state index in [0.29, 0.717) is 11.8 Å². The van der Waals surface area contributed by atoms with Gasteiger partial charge in [-0.15, -0.1) is 0 Å². The lowest BCUT2D eigenvalue weighted by molar-refractivity contribution is -0.134. The van der Waals surface area contributed by atoms with Crippen LogP contribution in [0, 0.1) is 11.6 Å². The molecule has 0 bridgehead atoms. The van der Waals surface area contributed by atoms with E-state index < -0.39 is 17.5 Å². The van der Waals surface area contributed by atoms with Crippen LogP contribution in [0.5, 0.6) is 5.75 Å². The predicted molar refractivity (Wildman–Crippen MR) is 76.7 cm³/mol. The Morgan fingerprint density at radius 3 is 2.36 bits per heavy atom. The molecular formula is C16H13F2NO3. The summed E-state index contributed by atoms with van der Waals surface area (Å²) in [6.07, 6.45) is 0.242. The average Bonchev–Trinajstić information content (AvgIpc) is 2.50. The van der Waals surface area contributed by atoms with E-state index in [2.05, 4.69) is 5.32 Å². The fourth-order valence-corrected chi connectivity index (χ4v) is 1.66.